The summed E-state index contributed by atoms with van der Waals surface area (Å²) in [7, 11) is 0. The fraction of sp³-hybridized carbons (Fsp3) is 0.368. The summed E-state index contributed by atoms with van der Waals surface area (Å²) in [5.41, 5.74) is 0.433. The van der Waals surface area contributed by atoms with Gasteiger partial charge in [-0.15, -0.1) is 0 Å². The van der Waals surface area contributed by atoms with E-state index in [0.717, 1.165) is 24.8 Å². The number of aliphatic carboxylic acids is 1. The van der Waals surface area contributed by atoms with Gasteiger partial charge < -0.3 is 5.11 Å². The normalized spacial score (nSPS) is 16.9. The van der Waals surface area contributed by atoms with Crippen LogP contribution in [0.4, 0.5) is 0 Å². The molecule has 0 spiro atoms. The summed E-state index contributed by atoms with van der Waals surface area (Å²) in [6.07, 6.45) is 5.94. The van der Waals surface area contributed by atoms with Gasteiger partial charge in [-0.05, 0) is 24.5 Å². The molecule has 2 aromatic rings. The van der Waals surface area contributed by atoms with Crippen LogP contribution in [0.3, 0.4) is 0 Å². The number of pyridine rings is 1. The number of aromatic nitrogens is 1. The van der Waals surface area contributed by atoms with Gasteiger partial charge in [0.1, 0.15) is 5.54 Å². The fourth-order valence-electron chi connectivity index (χ4n) is 3.52. The minimum atomic E-state index is -1.08. The van der Waals surface area contributed by atoms with E-state index in [4.69, 9.17) is 0 Å². The predicted octanol–water partition coefficient (Wildman–Crippen LogP) is 3.18. The molecule has 0 amide bonds. The molecule has 0 bridgehead atoms. The summed E-state index contributed by atoms with van der Waals surface area (Å²) in [6.45, 7) is 0. The van der Waals surface area contributed by atoms with E-state index in [0.29, 0.717) is 24.8 Å². The van der Waals surface area contributed by atoms with Crippen LogP contribution in [-0.2, 0) is 16.8 Å². The SMILES string of the molecule is O=C(O)C1(n2cccc(Cc3ccccc3)c2=O)CCCCC1. The van der Waals surface area contributed by atoms with Crippen LogP contribution in [0.5, 0.6) is 0 Å². The molecule has 1 heterocycles. The van der Waals surface area contributed by atoms with Crippen molar-refractivity contribution in [3.63, 3.8) is 0 Å². The first-order valence-electron chi connectivity index (χ1n) is 8.12. The van der Waals surface area contributed by atoms with Gasteiger partial charge in [0.2, 0.25) is 0 Å². The van der Waals surface area contributed by atoms with Crippen molar-refractivity contribution in [1.82, 2.24) is 4.57 Å². The van der Waals surface area contributed by atoms with Crippen molar-refractivity contribution in [3.8, 4) is 0 Å². The number of rotatable bonds is 4. The standard InChI is InChI=1S/C19H21NO3/c21-17-16(14-15-8-3-1-4-9-15)10-7-13-20(17)19(18(22)23)11-5-2-6-12-19/h1,3-4,7-10,13H,2,5-6,11-12,14H2,(H,22,23). The van der Waals surface area contributed by atoms with Crippen molar-refractivity contribution in [2.45, 2.75) is 44.1 Å². The molecule has 3 rings (SSSR count). The van der Waals surface area contributed by atoms with Gasteiger partial charge in [-0.2, -0.15) is 0 Å². The molecule has 23 heavy (non-hydrogen) atoms. The van der Waals surface area contributed by atoms with Crippen LogP contribution >= 0.6 is 0 Å². The molecule has 120 valence electrons. The van der Waals surface area contributed by atoms with Gasteiger partial charge in [-0.25, -0.2) is 4.79 Å². The number of carboxylic acid groups (broad SMARTS) is 1. The summed E-state index contributed by atoms with van der Waals surface area (Å²) in [4.78, 5) is 24.8. The summed E-state index contributed by atoms with van der Waals surface area (Å²) in [5.74, 6) is -0.892. The molecule has 1 fully saturated rings. The Hall–Kier alpha value is -2.36. The molecule has 0 aliphatic heterocycles. The van der Waals surface area contributed by atoms with Crippen LogP contribution in [0, 0.1) is 0 Å². The van der Waals surface area contributed by atoms with Gasteiger partial charge in [-0.1, -0.05) is 55.7 Å². The second-order valence-corrected chi connectivity index (χ2v) is 6.27. The highest BCUT2D eigenvalue weighted by atomic mass is 16.4. The van der Waals surface area contributed by atoms with E-state index in [2.05, 4.69) is 0 Å². The average molecular weight is 311 g/mol. The van der Waals surface area contributed by atoms with Crippen LogP contribution in [0.2, 0.25) is 0 Å². The lowest BCUT2D eigenvalue weighted by molar-refractivity contribution is -0.149. The molecular formula is C19H21NO3. The Morgan fingerprint density at radius 3 is 2.39 bits per heavy atom. The number of carboxylic acids is 1. The van der Waals surface area contributed by atoms with Crippen LogP contribution in [0.25, 0.3) is 0 Å². The largest absolute Gasteiger partial charge is 0.479 e. The van der Waals surface area contributed by atoms with Gasteiger partial charge in [-0.3, -0.25) is 9.36 Å². The zero-order valence-electron chi connectivity index (χ0n) is 13.1. The quantitative estimate of drug-likeness (QED) is 0.943. The average Bonchev–Trinajstić information content (AvgIpc) is 2.58. The van der Waals surface area contributed by atoms with E-state index in [1.54, 1.807) is 18.3 Å². The third kappa shape index (κ3) is 2.93. The first-order chi connectivity index (χ1) is 11.1. The lowest BCUT2D eigenvalue weighted by Crippen LogP contribution is -2.49. The molecule has 1 N–H and O–H groups in total. The fourth-order valence-corrected chi connectivity index (χ4v) is 3.52. The van der Waals surface area contributed by atoms with Crippen molar-refractivity contribution < 1.29 is 9.90 Å². The second-order valence-electron chi connectivity index (χ2n) is 6.27. The van der Waals surface area contributed by atoms with Gasteiger partial charge in [0.15, 0.2) is 0 Å². The van der Waals surface area contributed by atoms with Crippen molar-refractivity contribution >= 4 is 5.97 Å². The molecule has 1 aromatic carbocycles. The van der Waals surface area contributed by atoms with Crippen LogP contribution in [0.1, 0.15) is 43.2 Å². The van der Waals surface area contributed by atoms with Gasteiger partial charge in [0.25, 0.3) is 5.56 Å². The molecule has 0 atom stereocenters. The summed E-state index contributed by atoms with van der Waals surface area (Å²) < 4.78 is 1.47. The van der Waals surface area contributed by atoms with Crippen molar-refractivity contribution in [2.75, 3.05) is 0 Å². The molecule has 0 radical (unpaired) electrons. The minimum absolute atomic E-state index is 0.180. The van der Waals surface area contributed by atoms with Crippen LogP contribution in [0.15, 0.2) is 53.5 Å². The van der Waals surface area contributed by atoms with E-state index < -0.39 is 11.5 Å². The maximum absolute atomic E-state index is 12.9. The zero-order chi connectivity index (χ0) is 16.3. The highest BCUT2D eigenvalue weighted by molar-refractivity contribution is 5.77. The first-order valence-corrected chi connectivity index (χ1v) is 8.12. The Morgan fingerprint density at radius 1 is 1.04 bits per heavy atom. The topological polar surface area (TPSA) is 59.3 Å². The molecule has 4 nitrogen and oxygen atoms in total. The van der Waals surface area contributed by atoms with Crippen molar-refractivity contribution in [1.29, 1.82) is 0 Å². The number of benzene rings is 1. The third-order valence-electron chi connectivity index (χ3n) is 4.80. The van der Waals surface area contributed by atoms with Gasteiger partial charge in [0, 0.05) is 18.2 Å². The molecule has 0 saturated heterocycles. The van der Waals surface area contributed by atoms with E-state index in [1.165, 1.54) is 4.57 Å². The Balaban J connectivity index is 2.02. The van der Waals surface area contributed by atoms with E-state index in [1.807, 2.05) is 30.3 Å². The van der Waals surface area contributed by atoms with Gasteiger partial charge in [0.05, 0.1) is 0 Å². The third-order valence-corrected chi connectivity index (χ3v) is 4.80. The van der Waals surface area contributed by atoms with Crippen molar-refractivity contribution in [3.05, 3.63) is 70.1 Å². The van der Waals surface area contributed by atoms with Crippen molar-refractivity contribution in [2.24, 2.45) is 0 Å². The molecule has 1 aliphatic rings. The van der Waals surface area contributed by atoms with Gasteiger partial charge >= 0.3 is 5.97 Å². The molecular weight excluding hydrogens is 290 g/mol. The Kier molecular flexibility index (Phi) is 4.33. The zero-order valence-corrected chi connectivity index (χ0v) is 13.1. The summed E-state index contributed by atoms with van der Waals surface area (Å²) >= 11 is 0. The minimum Gasteiger partial charge on any atom is -0.479 e. The number of hydrogen-bond donors (Lipinski definition) is 1. The molecule has 1 saturated carbocycles. The summed E-state index contributed by atoms with van der Waals surface area (Å²) in [6, 6.07) is 13.4. The van der Waals surface area contributed by atoms with Crippen LogP contribution < -0.4 is 5.56 Å². The molecule has 1 aromatic heterocycles. The monoisotopic (exact) mass is 311 g/mol. The predicted molar refractivity (Wildman–Crippen MR) is 88.6 cm³/mol. The van der Waals surface area contributed by atoms with E-state index >= 15 is 0 Å². The smallest absolute Gasteiger partial charge is 0.329 e. The molecule has 1 aliphatic carbocycles. The summed E-state index contributed by atoms with van der Waals surface area (Å²) in [5, 5.41) is 9.79. The second kappa shape index (κ2) is 6.41. The lowest BCUT2D eigenvalue weighted by atomic mass is 9.81. The Bertz CT molecular complexity index is 743. The maximum Gasteiger partial charge on any atom is 0.329 e. The number of carbonyl (C=O) groups is 1. The Labute approximate surface area is 135 Å². The molecule has 4 heteroatoms. The highest BCUT2D eigenvalue weighted by Crippen LogP contribution is 2.34. The first kappa shape index (κ1) is 15.5. The molecule has 0 unspecified atom stereocenters. The van der Waals surface area contributed by atoms with Crippen LogP contribution in [-0.4, -0.2) is 15.6 Å². The number of nitrogens with zero attached hydrogens (tertiary/aromatic N) is 1. The van der Waals surface area contributed by atoms with E-state index in [9.17, 15) is 14.7 Å². The van der Waals surface area contributed by atoms with E-state index in [-0.39, 0.29) is 5.56 Å². The maximum atomic E-state index is 12.9. The Morgan fingerprint density at radius 2 is 1.74 bits per heavy atom. The highest BCUT2D eigenvalue weighted by Gasteiger charge is 2.42. The number of hydrogen-bond acceptors (Lipinski definition) is 2. The lowest BCUT2D eigenvalue weighted by Gasteiger charge is -2.35.